The topological polar surface area (TPSA) is 42.1 Å². The summed E-state index contributed by atoms with van der Waals surface area (Å²) in [7, 11) is 0. The van der Waals surface area contributed by atoms with Gasteiger partial charge in [-0.2, -0.15) is 0 Å². The van der Waals surface area contributed by atoms with E-state index in [1.807, 2.05) is 13.8 Å². The largest absolute Gasteiger partial charge is 0.598 e. The van der Waals surface area contributed by atoms with Crippen molar-refractivity contribution < 1.29 is 4.55 Å². The summed E-state index contributed by atoms with van der Waals surface area (Å²) in [6, 6.07) is 8.75. The fraction of sp³-hybridized carbons (Fsp3) is 0.467. The molecule has 1 aliphatic heterocycles. The molecule has 19 heavy (non-hydrogen) atoms. The summed E-state index contributed by atoms with van der Waals surface area (Å²) in [4.78, 5) is 3.48. The summed E-state index contributed by atoms with van der Waals surface area (Å²) in [6.45, 7) is 6.97. The highest BCUT2D eigenvalue weighted by Gasteiger charge is 2.34. The maximum absolute atomic E-state index is 12.4. The predicted octanol–water partition coefficient (Wildman–Crippen LogP) is 2.99. The van der Waals surface area contributed by atoms with Crippen molar-refractivity contribution in [3.8, 4) is 0 Å². The molecular weight excluding hydrogens is 256 g/mol. The molecule has 3 nitrogen and oxygen atoms in total. The quantitative estimate of drug-likeness (QED) is 0.857. The molecule has 3 rings (SSSR count). The van der Waals surface area contributed by atoms with Gasteiger partial charge in [-0.1, -0.05) is 18.2 Å². The first kappa shape index (κ1) is 13.0. The summed E-state index contributed by atoms with van der Waals surface area (Å²) >= 11 is -0.904. The van der Waals surface area contributed by atoms with E-state index < -0.39 is 11.4 Å². The summed E-state index contributed by atoms with van der Waals surface area (Å²) in [6.07, 6.45) is 0.970. The molecule has 2 aromatic rings. The van der Waals surface area contributed by atoms with Crippen LogP contribution in [0.1, 0.15) is 32.0 Å². The number of fused-ring (bicyclic) bond motifs is 3. The van der Waals surface area contributed by atoms with E-state index in [9.17, 15) is 4.55 Å². The maximum atomic E-state index is 12.4. The van der Waals surface area contributed by atoms with Crippen LogP contribution in [0.2, 0.25) is 0 Å². The molecule has 1 N–H and O–H groups in total. The second-order valence-electron chi connectivity index (χ2n) is 5.58. The van der Waals surface area contributed by atoms with E-state index >= 15 is 0 Å². The third kappa shape index (κ3) is 2.18. The standard InChI is InChI=1S/C15H20N2OS/c1-10(2)19(18)17-9-15-13(8-11(17)3)12-6-4-5-7-14(12)16-15/h4-7,10-11,16H,8-9H2,1-3H3/t11?,19-/m0/s1. The summed E-state index contributed by atoms with van der Waals surface area (Å²) in [5, 5.41) is 1.49. The Morgan fingerprint density at radius 1 is 1.37 bits per heavy atom. The first-order valence-corrected chi connectivity index (χ1v) is 8.00. The van der Waals surface area contributed by atoms with E-state index in [4.69, 9.17) is 0 Å². The number of aromatic nitrogens is 1. The van der Waals surface area contributed by atoms with Crippen LogP contribution in [-0.4, -0.2) is 25.1 Å². The number of para-hydroxylation sites is 1. The number of benzene rings is 1. The smallest absolute Gasteiger partial charge is 0.130 e. The monoisotopic (exact) mass is 276 g/mol. The van der Waals surface area contributed by atoms with Gasteiger partial charge in [0.25, 0.3) is 0 Å². The number of nitrogens with one attached hydrogen (secondary N) is 1. The van der Waals surface area contributed by atoms with Crippen LogP contribution in [0.15, 0.2) is 24.3 Å². The number of aromatic amines is 1. The zero-order valence-electron chi connectivity index (χ0n) is 11.6. The van der Waals surface area contributed by atoms with Crippen LogP contribution in [0.5, 0.6) is 0 Å². The Bertz CT molecular complexity index is 593. The van der Waals surface area contributed by atoms with Crippen molar-refractivity contribution in [3.63, 3.8) is 0 Å². The predicted molar refractivity (Wildman–Crippen MR) is 80.3 cm³/mol. The molecule has 0 bridgehead atoms. The molecule has 0 radical (unpaired) electrons. The van der Waals surface area contributed by atoms with Crippen molar-refractivity contribution in [2.75, 3.05) is 0 Å². The summed E-state index contributed by atoms with van der Waals surface area (Å²) in [5.74, 6) is 0. The van der Waals surface area contributed by atoms with Gasteiger partial charge in [0.2, 0.25) is 0 Å². The summed E-state index contributed by atoms with van der Waals surface area (Å²) < 4.78 is 14.5. The van der Waals surface area contributed by atoms with Crippen LogP contribution < -0.4 is 0 Å². The number of hydrogen-bond acceptors (Lipinski definition) is 2. The number of nitrogens with zero attached hydrogens (tertiary/aromatic N) is 1. The van der Waals surface area contributed by atoms with Gasteiger partial charge in [0.15, 0.2) is 0 Å². The number of rotatable bonds is 2. The molecule has 0 spiro atoms. The molecule has 0 aliphatic carbocycles. The van der Waals surface area contributed by atoms with Crippen molar-refractivity contribution in [2.24, 2.45) is 0 Å². The second-order valence-corrected chi connectivity index (χ2v) is 7.55. The van der Waals surface area contributed by atoms with Crippen LogP contribution in [-0.2, 0) is 24.3 Å². The van der Waals surface area contributed by atoms with Crippen LogP contribution in [0.3, 0.4) is 0 Å². The minimum atomic E-state index is -0.904. The lowest BCUT2D eigenvalue weighted by molar-refractivity contribution is 0.304. The Kier molecular flexibility index (Phi) is 3.33. The molecule has 2 heterocycles. The highest BCUT2D eigenvalue weighted by molar-refractivity contribution is 7.89. The highest BCUT2D eigenvalue weighted by atomic mass is 32.2. The van der Waals surface area contributed by atoms with Crippen LogP contribution in [0.4, 0.5) is 0 Å². The van der Waals surface area contributed by atoms with Crippen molar-refractivity contribution in [3.05, 3.63) is 35.5 Å². The molecule has 1 unspecified atom stereocenters. The van der Waals surface area contributed by atoms with Gasteiger partial charge in [0.1, 0.15) is 5.25 Å². The highest BCUT2D eigenvalue weighted by Crippen LogP contribution is 2.32. The number of H-pyrrole nitrogens is 1. The fourth-order valence-corrected chi connectivity index (χ4v) is 4.07. The molecule has 102 valence electrons. The minimum absolute atomic E-state index is 0.174. The minimum Gasteiger partial charge on any atom is -0.598 e. The van der Waals surface area contributed by atoms with Crippen LogP contribution >= 0.6 is 0 Å². The first-order chi connectivity index (χ1) is 9.08. The van der Waals surface area contributed by atoms with Gasteiger partial charge in [-0.25, -0.2) is 0 Å². The average molecular weight is 276 g/mol. The van der Waals surface area contributed by atoms with Crippen molar-refractivity contribution in [1.82, 2.24) is 9.29 Å². The van der Waals surface area contributed by atoms with Crippen molar-refractivity contribution in [2.45, 2.75) is 45.0 Å². The van der Waals surface area contributed by atoms with E-state index in [1.165, 1.54) is 22.2 Å². The average Bonchev–Trinajstić information content (AvgIpc) is 2.74. The van der Waals surface area contributed by atoms with Crippen LogP contribution in [0.25, 0.3) is 10.9 Å². The molecule has 1 aliphatic rings. The van der Waals surface area contributed by atoms with Crippen LogP contribution in [0, 0.1) is 0 Å². The Hall–Kier alpha value is -0.970. The van der Waals surface area contributed by atoms with Gasteiger partial charge in [-0.3, -0.25) is 0 Å². The van der Waals surface area contributed by atoms with Gasteiger partial charge < -0.3 is 9.54 Å². The van der Waals surface area contributed by atoms with E-state index in [-0.39, 0.29) is 5.25 Å². The zero-order valence-corrected chi connectivity index (χ0v) is 12.5. The van der Waals surface area contributed by atoms with Gasteiger partial charge in [0, 0.05) is 28.0 Å². The molecule has 1 aromatic carbocycles. The van der Waals surface area contributed by atoms with Gasteiger partial charge in [-0.05, 0) is 38.8 Å². The molecule has 0 saturated carbocycles. The summed E-state index contributed by atoms with van der Waals surface area (Å²) in [5.41, 5.74) is 3.82. The van der Waals surface area contributed by atoms with Gasteiger partial charge >= 0.3 is 0 Å². The van der Waals surface area contributed by atoms with Gasteiger partial charge in [0.05, 0.1) is 12.6 Å². The first-order valence-electron chi connectivity index (χ1n) is 6.83. The molecule has 4 heteroatoms. The van der Waals surface area contributed by atoms with Crippen molar-refractivity contribution in [1.29, 1.82) is 0 Å². The lowest BCUT2D eigenvalue weighted by Crippen LogP contribution is -2.45. The van der Waals surface area contributed by atoms with E-state index in [0.29, 0.717) is 6.04 Å². The van der Waals surface area contributed by atoms with Gasteiger partial charge in [-0.15, -0.1) is 4.31 Å². The molecule has 0 saturated heterocycles. The second kappa shape index (κ2) is 4.85. The Labute approximate surface area is 117 Å². The fourth-order valence-electron chi connectivity index (χ4n) is 2.84. The maximum Gasteiger partial charge on any atom is 0.130 e. The third-order valence-corrected chi connectivity index (χ3v) is 5.60. The van der Waals surface area contributed by atoms with Crippen molar-refractivity contribution >= 4 is 22.3 Å². The lowest BCUT2D eigenvalue weighted by Gasteiger charge is -2.34. The molecule has 1 aromatic heterocycles. The Balaban J connectivity index is 1.99. The third-order valence-electron chi connectivity index (χ3n) is 3.84. The normalized spacial score (nSPS) is 21.8. The molecule has 2 atom stereocenters. The molecule has 0 amide bonds. The van der Waals surface area contributed by atoms with E-state index in [0.717, 1.165) is 13.0 Å². The van der Waals surface area contributed by atoms with E-state index in [2.05, 4.69) is 40.5 Å². The zero-order chi connectivity index (χ0) is 13.6. The number of hydrogen-bond donors (Lipinski definition) is 1. The SMILES string of the molecule is CC1Cc2c([nH]c3ccccc23)CN1[S@@+]([O-])C(C)C. The Morgan fingerprint density at radius 2 is 2.11 bits per heavy atom. The molecular formula is C15H20N2OS. The lowest BCUT2D eigenvalue weighted by atomic mass is 10.00. The molecule has 0 fully saturated rings. The Morgan fingerprint density at radius 3 is 2.84 bits per heavy atom. The van der Waals surface area contributed by atoms with E-state index in [1.54, 1.807) is 0 Å².